The van der Waals surface area contributed by atoms with E-state index in [9.17, 15) is 39.6 Å². The molecule has 43 heavy (non-hydrogen) atoms. The van der Waals surface area contributed by atoms with Crippen LogP contribution in [-0.4, -0.2) is 144 Å². The van der Waals surface area contributed by atoms with Gasteiger partial charge in [-0.15, -0.1) is 0 Å². The first kappa shape index (κ1) is 45.9. The first-order valence-corrected chi connectivity index (χ1v) is 15.0. The number of nitrogens with zero attached hydrogens (tertiary/aromatic N) is 2. The number of quaternary nitrogens is 2. The van der Waals surface area contributed by atoms with E-state index >= 15 is 0 Å². The first-order chi connectivity index (χ1) is 19.9. The fourth-order valence-electron chi connectivity index (χ4n) is 4.31. The van der Waals surface area contributed by atoms with Crippen molar-refractivity contribution >= 4 is 61.6 Å². The van der Waals surface area contributed by atoms with Gasteiger partial charge in [0.05, 0.1) is 52.1 Å². The van der Waals surface area contributed by atoms with Gasteiger partial charge in [-0.05, 0) is 25.7 Å². The molecule has 0 saturated heterocycles. The van der Waals surface area contributed by atoms with Crippen LogP contribution in [0.5, 0.6) is 0 Å². The van der Waals surface area contributed by atoms with E-state index in [1.807, 2.05) is 0 Å². The molecule has 0 heterocycles. The molecule has 0 saturated carbocycles. The molecule has 0 amide bonds. The van der Waals surface area contributed by atoms with Gasteiger partial charge in [0.25, 0.3) is 0 Å². The maximum absolute atomic E-state index is 10.7. The number of carbonyl (C=O) groups excluding carboxylic acids is 2. The number of rotatable bonds is 26. The van der Waals surface area contributed by atoms with Crippen LogP contribution in [0.4, 0.5) is 0 Å². The van der Waals surface area contributed by atoms with E-state index in [-0.39, 0.29) is 112 Å². The Labute approximate surface area is 286 Å². The van der Waals surface area contributed by atoms with Crippen molar-refractivity contribution in [3.8, 4) is 0 Å². The van der Waals surface area contributed by atoms with Gasteiger partial charge in [-0.3, -0.25) is 9.59 Å². The molecule has 4 N–H and O–H groups in total. The number of aliphatic hydroxyl groups excluding tert-OH is 2. The molecule has 0 bridgehead atoms. The molecule has 0 aromatic rings. The number of aliphatic carboxylic acids is 4. The molecule has 0 aliphatic carbocycles. The fraction of sp³-hybridized carbons (Fsp3) is 0.733. The normalized spacial score (nSPS) is 13.9. The van der Waals surface area contributed by atoms with Crippen LogP contribution in [-0.2, 0) is 19.2 Å². The summed E-state index contributed by atoms with van der Waals surface area (Å²) in [6.07, 6.45) is 15.4. The molecule has 0 aromatic heterocycles. The van der Waals surface area contributed by atoms with Crippen LogP contribution in [0.25, 0.3) is 0 Å². The second-order valence-corrected chi connectivity index (χ2v) is 10.6. The van der Waals surface area contributed by atoms with E-state index in [0.29, 0.717) is 13.1 Å². The Bertz CT molecular complexity index is 719. The van der Waals surface area contributed by atoms with Gasteiger partial charge in [0.2, 0.25) is 0 Å². The first-order valence-electron chi connectivity index (χ1n) is 15.0. The van der Waals surface area contributed by atoms with Crippen molar-refractivity contribution in [2.75, 3.05) is 52.7 Å². The average Bonchev–Trinajstić information content (AvgIpc) is 2.95. The Balaban J connectivity index is -0.000000727. The fourth-order valence-corrected chi connectivity index (χ4v) is 4.31. The van der Waals surface area contributed by atoms with E-state index in [1.165, 1.54) is 0 Å². The Morgan fingerprint density at radius 3 is 1.12 bits per heavy atom. The molecule has 2 unspecified atom stereocenters. The summed E-state index contributed by atoms with van der Waals surface area (Å²) >= 11 is 0. The maximum Gasteiger partial charge on any atom is 2.00 e. The molecule has 0 rings (SSSR count). The minimum atomic E-state index is -1.18. The van der Waals surface area contributed by atoms with Crippen molar-refractivity contribution in [2.45, 2.75) is 90.9 Å². The van der Waals surface area contributed by atoms with Crippen LogP contribution in [0.15, 0.2) is 24.3 Å². The van der Waals surface area contributed by atoms with E-state index in [0.717, 1.165) is 51.4 Å². The second-order valence-electron chi connectivity index (χ2n) is 10.6. The Hall–Kier alpha value is -1.54. The number of allylic oxidation sites excluding steroid dienone is 4. The topological polar surface area (TPSA) is 195 Å². The third kappa shape index (κ3) is 27.7. The van der Waals surface area contributed by atoms with Gasteiger partial charge in [0.1, 0.15) is 0 Å². The SMILES string of the molecule is CCC/C=C/CCC[N+](CO)(CCC(=O)[O-])CCC(=O)O.CCC/C=C/CCC[N+](CO)(CCC(=O)[O-])CCC(=O)O.[Ca+2]. The Kier molecular flexibility index (Phi) is 31.1. The summed E-state index contributed by atoms with van der Waals surface area (Å²) in [6, 6.07) is 0. The number of carbonyl (C=O) groups is 4. The molecule has 244 valence electrons. The van der Waals surface area contributed by atoms with Crippen LogP contribution in [0, 0.1) is 0 Å². The third-order valence-corrected chi connectivity index (χ3v) is 7.03. The van der Waals surface area contributed by atoms with E-state index < -0.39 is 23.9 Å². The Morgan fingerprint density at radius 1 is 0.558 bits per heavy atom. The zero-order chi connectivity index (χ0) is 32.3. The van der Waals surface area contributed by atoms with Crippen molar-refractivity contribution < 1.29 is 58.8 Å². The van der Waals surface area contributed by atoms with E-state index in [1.54, 1.807) is 0 Å². The second kappa shape index (κ2) is 29.2. The summed E-state index contributed by atoms with van der Waals surface area (Å²) < 4.78 is 0.198. The predicted molar refractivity (Wildman–Crippen MR) is 160 cm³/mol. The number of hydrogen-bond acceptors (Lipinski definition) is 8. The zero-order valence-corrected chi connectivity index (χ0v) is 28.5. The number of carboxylic acid groups (broad SMARTS) is 4. The van der Waals surface area contributed by atoms with Crippen molar-refractivity contribution in [1.29, 1.82) is 0 Å². The number of aliphatic hydroxyl groups is 2. The average molecular weight is 643 g/mol. The van der Waals surface area contributed by atoms with Gasteiger partial charge in [0.15, 0.2) is 13.5 Å². The van der Waals surface area contributed by atoms with Gasteiger partial charge in [0, 0.05) is 37.6 Å². The van der Waals surface area contributed by atoms with Crippen molar-refractivity contribution in [3.05, 3.63) is 24.3 Å². The molecule has 0 aliphatic rings. The molecular weight excluding hydrogens is 588 g/mol. The summed E-state index contributed by atoms with van der Waals surface area (Å²) in [5.74, 6) is -4.24. The molecular formula is C30H54CaN2O10+2. The summed E-state index contributed by atoms with van der Waals surface area (Å²) in [4.78, 5) is 42.7. The molecule has 0 spiro atoms. The smallest absolute Gasteiger partial charge is 0.550 e. The van der Waals surface area contributed by atoms with Crippen molar-refractivity contribution in [1.82, 2.24) is 0 Å². The van der Waals surface area contributed by atoms with Crippen LogP contribution >= 0.6 is 0 Å². The van der Waals surface area contributed by atoms with Gasteiger partial charge in [-0.25, -0.2) is 0 Å². The van der Waals surface area contributed by atoms with E-state index in [2.05, 4.69) is 38.2 Å². The van der Waals surface area contributed by atoms with Crippen LogP contribution < -0.4 is 10.2 Å². The van der Waals surface area contributed by atoms with Gasteiger partial charge < -0.3 is 49.2 Å². The standard InChI is InChI=1S/2C15H27NO5.Ca/c2*1-2-3-4-5-6-7-10-16(13-17,11-8-14(18)19)12-9-15(20)21;/h2*4-5,17H,2-3,6-13H2,1H3,(H-,18,19,20,21);/q;;+2/b2*5-4+;. The van der Waals surface area contributed by atoms with Gasteiger partial charge >= 0.3 is 49.7 Å². The molecule has 2 atom stereocenters. The summed E-state index contributed by atoms with van der Waals surface area (Å²) in [7, 11) is 0. The summed E-state index contributed by atoms with van der Waals surface area (Å²) in [6.45, 7) is 5.69. The zero-order valence-electron chi connectivity index (χ0n) is 26.3. The number of carboxylic acids is 4. The van der Waals surface area contributed by atoms with Gasteiger partial charge in [-0.1, -0.05) is 51.0 Å². The molecule has 0 fully saturated rings. The van der Waals surface area contributed by atoms with Crippen LogP contribution in [0.1, 0.15) is 90.9 Å². The monoisotopic (exact) mass is 642 g/mol. The number of hydrogen-bond donors (Lipinski definition) is 4. The van der Waals surface area contributed by atoms with Gasteiger partial charge in [-0.2, -0.15) is 0 Å². The minimum Gasteiger partial charge on any atom is -0.550 e. The number of unbranched alkanes of at least 4 members (excludes halogenated alkanes) is 4. The van der Waals surface area contributed by atoms with Crippen molar-refractivity contribution in [3.63, 3.8) is 0 Å². The molecule has 13 heteroatoms. The molecule has 12 nitrogen and oxygen atoms in total. The summed E-state index contributed by atoms with van der Waals surface area (Å²) in [5.41, 5.74) is 0. The quantitative estimate of drug-likeness (QED) is 0.0342. The predicted octanol–water partition coefficient (Wildman–Crippen LogP) is 0.628. The molecule has 0 aliphatic heterocycles. The molecule has 0 aromatic carbocycles. The third-order valence-electron chi connectivity index (χ3n) is 7.03. The summed E-state index contributed by atoms with van der Waals surface area (Å²) in [5, 5.41) is 58.0. The maximum atomic E-state index is 10.7. The van der Waals surface area contributed by atoms with E-state index in [4.69, 9.17) is 10.2 Å². The largest absolute Gasteiger partial charge is 2.00 e. The minimum absolute atomic E-state index is 0. The van der Waals surface area contributed by atoms with Crippen LogP contribution in [0.3, 0.4) is 0 Å². The van der Waals surface area contributed by atoms with Crippen LogP contribution in [0.2, 0.25) is 0 Å². The van der Waals surface area contributed by atoms with Crippen molar-refractivity contribution in [2.24, 2.45) is 0 Å². The Morgan fingerprint density at radius 2 is 0.860 bits per heavy atom. The molecule has 0 radical (unpaired) electrons.